The van der Waals surface area contributed by atoms with Gasteiger partial charge < -0.3 is 21.4 Å². The van der Waals surface area contributed by atoms with Crippen molar-refractivity contribution >= 4 is 45.8 Å². The molecule has 1 saturated heterocycles. The zero-order valence-electron chi connectivity index (χ0n) is 19.5. The first-order valence-electron chi connectivity index (χ1n) is 11.1. The van der Waals surface area contributed by atoms with E-state index < -0.39 is 11.6 Å². The highest BCUT2D eigenvalue weighted by Gasteiger charge is 2.16. The van der Waals surface area contributed by atoms with Crippen LogP contribution in [-0.2, 0) is 0 Å². The van der Waals surface area contributed by atoms with E-state index in [-0.39, 0.29) is 21.9 Å². The van der Waals surface area contributed by atoms with Gasteiger partial charge in [-0.05, 0) is 64.0 Å². The van der Waals surface area contributed by atoms with Gasteiger partial charge in [0.05, 0.1) is 39.3 Å². The van der Waals surface area contributed by atoms with Gasteiger partial charge in [0.2, 0.25) is 0 Å². The first-order valence-corrected chi connectivity index (χ1v) is 11.5. The Hall–Kier alpha value is -3.10. The molecule has 3 heterocycles. The van der Waals surface area contributed by atoms with Gasteiger partial charge in [0.25, 0.3) is 0 Å². The zero-order valence-corrected chi connectivity index (χ0v) is 20.3. The SMILES string of the molecule is CC(C)N1CCCC1.CNc1cnc2ccc(/C(C=N)=C(/N)c3cc(Cl)c(F)cc3F)nc2c1. The van der Waals surface area contributed by atoms with Crippen LogP contribution in [-0.4, -0.2) is 47.3 Å². The van der Waals surface area contributed by atoms with Gasteiger partial charge >= 0.3 is 0 Å². The van der Waals surface area contributed by atoms with E-state index in [1.165, 1.54) is 25.9 Å². The van der Waals surface area contributed by atoms with Gasteiger partial charge in [-0.3, -0.25) is 4.98 Å². The van der Waals surface area contributed by atoms with Crippen molar-refractivity contribution in [3.05, 3.63) is 64.4 Å². The van der Waals surface area contributed by atoms with E-state index in [0.29, 0.717) is 22.8 Å². The lowest BCUT2D eigenvalue weighted by Crippen LogP contribution is -2.26. The first-order chi connectivity index (χ1) is 16.2. The smallest absolute Gasteiger partial charge is 0.144 e. The maximum Gasteiger partial charge on any atom is 0.144 e. The van der Waals surface area contributed by atoms with Gasteiger partial charge in [-0.2, -0.15) is 0 Å². The van der Waals surface area contributed by atoms with Crippen LogP contribution in [0.15, 0.2) is 36.5 Å². The summed E-state index contributed by atoms with van der Waals surface area (Å²) in [6, 6.07) is 7.67. The number of nitrogens with zero attached hydrogens (tertiary/aromatic N) is 3. The molecule has 1 aliphatic rings. The summed E-state index contributed by atoms with van der Waals surface area (Å²) in [5.41, 5.74) is 8.43. The summed E-state index contributed by atoms with van der Waals surface area (Å²) in [7, 11) is 1.76. The summed E-state index contributed by atoms with van der Waals surface area (Å²) >= 11 is 5.73. The number of pyridine rings is 2. The number of allylic oxidation sites excluding steroid dienone is 1. The Morgan fingerprint density at radius 1 is 1.15 bits per heavy atom. The van der Waals surface area contributed by atoms with E-state index in [2.05, 4.69) is 34.0 Å². The minimum Gasteiger partial charge on any atom is -0.398 e. The molecule has 6 nitrogen and oxygen atoms in total. The number of hydrogen-bond donors (Lipinski definition) is 3. The summed E-state index contributed by atoms with van der Waals surface area (Å²) < 4.78 is 27.5. The zero-order chi connectivity index (χ0) is 24.8. The molecule has 1 fully saturated rings. The quantitative estimate of drug-likeness (QED) is 0.324. The van der Waals surface area contributed by atoms with Crippen LogP contribution in [0, 0.1) is 17.0 Å². The highest BCUT2D eigenvalue weighted by Crippen LogP contribution is 2.27. The summed E-state index contributed by atoms with van der Waals surface area (Å²) in [6.07, 6.45) is 5.47. The van der Waals surface area contributed by atoms with E-state index >= 15 is 0 Å². The molecule has 1 aliphatic heterocycles. The van der Waals surface area contributed by atoms with Crippen molar-refractivity contribution in [2.75, 3.05) is 25.5 Å². The number of hydrogen-bond acceptors (Lipinski definition) is 6. The predicted molar refractivity (Wildman–Crippen MR) is 136 cm³/mol. The molecule has 0 spiro atoms. The molecule has 0 bridgehead atoms. The minimum atomic E-state index is -0.883. The van der Waals surface area contributed by atoms with Gasteiger partial charge in [0.15, 0.2) is 0 Å². The van der Waals surface area contributed by atoms with Crippen LogP contribution in [0.1, 0.15) is 37.9 Å². The van der Waals surface area contributed by atoms with E-state index in [4.69, 9.17) is 22.7 Å². The minimum absolute atomic E-state index is 0.0658. The van der Waals surface area contributed by atoms with Crippen LogP contribution in [0.4, 0.5) is 14.5 Å². The Labute approximate surface area is 203 Å². The van der Waals surface area contributed by atoms with Gasteiger partial charge in [0.1, 0.15) is 11.6 Å². The first kappa shape index (κ1) is 25.5. The average molecular weight is 487 g/mol. The summed E-state index contributed by atoms with van der Waals surface area (Å²) in [5, 5.41) is 10.4. The molecule has 180 valence electrons. The topological polar surface area (TPSA) is 90.9 Å². The number of aromatic nitrogens is 2. The Balaban J connectivity index is 0.000000343. The molecular formula is C25H29ClF2N6. The number of likely N-dealkylation sites (tertiary alicyclic amines) is 1. The van der Waals surface area contributed by atoms with E-state index in [0.717, 1.165) is 24.0 Å². The molecule has 0 amide bonds. The second-order valence-corrected chi connectivity index (χ2v) is 8.67. The third-order valence-corrected chi connectivity index (χ3v) is 6.00. The standard InChI is InChI=1S/C18H14ClF2N5.C7H15N/c1-24-9-4-17-16(25-8-9)3-2-15(26-17)11(7-22)18(23)10-5-12(19)14(21)6-13(10)20;1-7(2)8-5-3-4-6-8/h2-8,22,24H,23H2,1H3;7H,3-6H2,1-2H3/b18-11+,22-7?;. The second-order valence-electron chi connectivity index (χ2n) is 8.26. The normalized spacial score (nSPS) is 14.6. The molecule has 4 rings (SSSR count). The predicted octanol–water partition coefficient (Wildman–Crippen LogP) is 5.57. The summed E-state index contributed by atoms with van der Waals surface area (Å²) in [5.74, 6) is -1.75. The molecule has 2 aromatic heterocycles. The molecule has 0 aliphatic carbocycles. The molecule has 4 N–H and O–H groups in total. The summed E-state index contributed by atoms with van der Waals surface area (Å²) in [6.45, 7) is 7.20. The second kappa shape index (κ2) is 11.4. The van der Waals surface area contributed by atoms with Gasteiger partial charge in [-0.1, -0.05) is 11.6 Å². The van der Waals surface area contributed by atoms with Crippen LogP contribution in [0.2, 0.25) is 5.02 Å². The van der Waals surface area contributed by atoms with Crippen LogP contribution in [0.5, 0.6) is 0 Å². The van der Waals surface area contributed by atoms with Crippen molar-refractivity contribution in [2.45, 2.75) is 32.7 Å². The van der Waals surface area contributed by atoms with Gasteiger partial charge in [-0.15, -0.1) is 0 Å². The number of benzene rings is 1. The van der Waals surface area contributed by atoms with E-state index in [1.807, 2.05) is 0 Å². The van der Waals surface area contributed by atoms with Gasteiger partial charge in [0, 0.05) is 36.5 Å². The number of rotatable bonds is 5. The Morgan fingerprint density at radius 3 is 2.44 bits per heavy atom. The van der Waals surface area contributed by atoms with Crippen molar-refractivity contribution in [3.8, 4) is 0 Å². The lowest BCUT2D eigenvalue weighted by molar-refractivity contribution is 0.276. The van der Waals surface area contributed by atoms with Crippen LogP contribution >= 0.6 is 11.6 Å². The molecule has 34 heavy (non-hydrogen) atoms. The van der Waals surface area contributed by atoms with E-state index in [1.54, 1.807) is 31.4 Å². The number of fused-ring (bicyclic) bond motifs is 1. The van der Waals surface area contributed by atoms with Crippen LogP contribution in [0.25, 0.3) is 22.3 Å². The highest BCUT2D eigenvalue weighted by atomic mass is 35.5. The molecule has 9 heteroatoms. The molecule has 0 radical (unpaired) electrons. The summed E-state index contributed by atoms with van der Waals surface area (Å²) in [4.78, 5) is 11.2. The number of nitrogens with two attached hydrogens (primary N) is 1. The highest BCUT2D eigenvalue weighted by molar-refractivity contribution is 6.31. The molecule has 3 aromatic rings. The van der Waals surface area contributed by atoms with Crippen molar-refractivity contribution in [1.82, 2.24) is 14.9 Å². The van der Waals surface area contributed by atoms with E-state index in [9.17, 15) is 8.78 Å². The fourth-order valence-corrected chi connectivity index (χ4v) is 3.88. The van der Waals surface area contributed by atoms with Crippen molar-refractivity contribution in [3.63, 3.8) is 0 Å². The molecular weight excluding hydrogens is 458 g/mol. The molecule has 0 unspecified atom stereocenters. The maximum absolute atomic E-state index is 14.1. The fraction of sp³-hybridized carbons (Fsp3) is 0.320. The lowest BCUT2D eigenvalue weighted by Gasteiger charge is -2.18. The third-order valence-electron chi connectivity index (χ3n) is 5.71. The Morgan fingerprint density at radius 2 is 1.85 bits per heavy atom. The van der Waals surface area contributed by atoms with Crippen molar-refractivity contribution in [2.24, 2.45) is 5.73 Å². The largest absolute Gasteiger partial charge is 0.398 e. The number of halogens is 3. The van der Waals surface area contributed by atoms with Crippen LogP contribution < -0.4 is 11.1 Å². The Bertz CT molecular complexity index is 1210. The average Bonchev–Trinajstić information content (AvgIpc) is 3.37. The fourth-order valence-electron chi connectivity index (χ4n) is 3.72. The number of anilines is 1. The number of nitrogens with one attached hydrogen (secondary N) is 2. The van der Waals surface area contributed by atoms with Crippen LogP contribution in [0.3, 0.4) is 0 Å². The van der Waals surface area contributed by atoms with Crippen molar-refractivity contribution in [1.29, 1.82) is 5.41 Å². The lowest BCUT2D eigenvalue weighted by atomic mass is 10.0. The maximum atomic E-state index is 14.1. The molecule has 1 aromatic carbocycles. The van der Waals surface area contributed by atoms with Gasteiger partial charge in [-0.25, -0.2) is 13.8 Å². The Kier molecular flexibility index (Phi) is 8.52. The van der Waals surface area contributed by atoms with Crippen molar-refractivity contribution < 1.29 is 8.78 Å². The monoisotopic (exact) mass is 486 g/mol. The molecule has 0 saturated carbocycles. The third kappa shape index (κ3) is 5.87. The molecule has 0 atom stereocenters.